The lowest BCUT2D eigenvalue weighted by molar-refractivity contribution is 0.323. The summed E-state index contributed by atoms with van der Waals surface area (Å²) >= 11 is 0. The Kier molecular flexibility index (Phi) is 6.52. The molecule has 6 nitrogen and oxygen atoms in total. The second-order valence-electron chi connectivity index (χ2n) is 6.39. The first kappa shape index (κ1) is 18.3. The van der Waals surface area contributed by atoms with E-state index in [9.17, 15) is 8.42 Å². The predicted molar refractivity (Wildman–Crippen MR) is 92.3 cm³/mol. The van der Waals surface area contributed by atoms with Crippen LogP contribution in [0, 0.1) is 5.92 Å². The Bertz CT molecular complexity index is 577. The summed E-state index contributed by atoms with van der Waals surface area (Å²) in [6.45, 7) is 4.78. The first-order valence-corrected chi connectivity index (χ1v) is 9.68. The number of nitrogens with zero attached hydrogens (tertiary/aromatic N) is 3. The molecule has 2 atom stereocenters. The van der Waals surface area contributed by atoms with Gasteiger partial charge in [0.1, 0.15) is 0 Å². The van der Waals surface area contributed by atoms with Crippen molar-refractivity contribution in [1.82, 2.24) is 18.9 Å². The van der Waals surface area contributed by atoms with Gasteiger partial charge in [-0.2, -0.15) is 17.4 Å². The third-order valence-electron chi connectivity index (χ3n) is 4.37. The Morgan fingerprint density at radius 2 is 2.13 bits per heavy atom. The third-order valence-corrected chi connectivity index (χ3v) is 5.93. The van der Waals surface area contributed by atoms with Crippen LogP contribution >= 0.6 is 0 Å². The lowest BCUT2D eigenvalue weighted by atomic mass is 9.99. The summed E-state index contributed by atoms with van der Waals surface area (Å²) in [4.78, 5) is 6.70. The fourth-order valence-corrected chi connectivity index (χ4v) is 3.92. The molecule has 2 heterocycles. The zero-order valence-corrected chi connectivity index (χ0v) is 15.1. The van der Waals surface area contributed by atoms with Crippen molar-refractivity contribution in [1.29, 1.82) is 0 Å². The zero-order valence-electron chi connectivity index (χ0n) is 14.3. The van der Waals surface area contributed by atoms with Crippen LogP contribution in [0.5, 0.6) is 0 Å². The molecule has 130 valence electrons. The van der Waals surface area contributed by atoms with E-state index in [1.165, 1.54) is 4.31 Å². The van der Waals surface area contributed by atoms with Gasteiger partial charge >= 0.3 is 0 Å². The Morgan fingerprint density at radius 3 is 2.74 bits per heavy atom. The topological polar surface area (TPSA) is 65.5 Å². The molecule has 0 aliphatic carbocycles. The van der Waals surface area contributed by atoms with Crippen molar-refractivity contribution in [3.05, 3.63) is 30.1 Å². The molecule has 0 spiro atoms. The van der Waals surface area contributed by atoms with Gasteiger partial charge in [-0.25, -0.2) is 0 Å². The average Bonchev–Trinajstić information content (AvgIpc) is 2.88. The highest BCUT2D eigenvalue weighted by Gasteiger charge is 2.34. The predicted octanol–water partition coefficient (Wildman–Crippen LogP) is 1.12. The molecule has 1 aromatic heterocycles. The first-order valence-electron chi connectivity index (χ1n) is 8.24. The smallest absolute Gasteiger partial charge is 0.279 e. The molecule has 1 N–H and O–H groups in total. The molecule has 7 heteroatoms. The van der Waals surface area contributed by atoms with Crippen molar-refractivity contribution < 1.29 is 8.42 Å². The minimum Gasteiger partial charge on any atom is -0.301 e. The van der Waals surface area contributed by atoms with Gasteiger partial charge in [-0.3, -0.25) is 4.98 Å². The maximum atomic E-state index is 12.1. The van der Waals surface area contributed by atoms with E-state index < -0.39 is 10.2 Å². The summed E-state index contributed by atoms with van der Waals surface area (Å²) < 4.78 is 28.3. The van der Waals surface area contributed by atoms with Gasteiger partial charge in [-0.05, 0) is 24.5 Å². The van der Waals surface area contributed by atoms with E-state index in [4.69, 9.17) is 0 Å². The summed E-state index contributed by atoms with van der Waals surface area (Å²) in [5, 5.41) is 0. The molecule has 0 radical (unpaired) electrons. The van der Waals surface area contributed by atoms with Crippen molar-refractivity contribution in [2.75, 3.05) is 33.7 Å². The maximum absolute atomic E-state index is 12.1. The highest BCUT2D eigenvalue weighted by Crippen LogP contribution is 2.22. The molecule has 1 aliphatic rings. The second kappa shape index (κ2) is 8.19. The van der Waals surface area contributed by atoms with E-state index in [2.05, 4.69) is 21.5 Å². The van der Waals surface area contributed by atoms with Crippen LogP contribution in [0.25, 0.3) is 0 Å². The van der Waals surface area contributed by atoms with E-state index in [0.29, 0.717) is 5.92 Å². The van der Waals surface area contributed by atoms with Crippen LogP contribution in [-0.2, 0) is 16.6 Å². The lowest BCUT2D eigenvalue weighted by Gasteiger charge is -2.21. The molecule has 1 fully saturated rings. The molecule has 0 saturated carbocycles. The SMILES string of the molecule is CCC[C@H]1CN(CCc2ccccn2)C[C@@H]1NS(=O)(=O)N(C)C. The largest absolute Gasteiger partial charge is 0.301 e. The molecule has 23 heavy (non-hydrogen) atoms. The second-order valence-corrected chi connectivity index (χ2v) is 8.31. The van der Waals surface area contributed by atoms with Gasteiger partial charge in [-0.1, -0.05) is 19.4 Å². The van der Waals surface area contributed by atoms with Crippen molar-refractivity contribution in [3.63, 3.8) is 0 Å². The van der Waals surface area contributed by atoms with Gasteiger partial charge in [0.25, 0.3) is 10.2 Å². The van der Waals surface area contributed by atoms with E-state index in [0.717, 1.165) is 44.6 Å². The number of rotatable bonds is 8. The highest BCUT2D eigenvalue weighted by atomic mass is 32.2. The minimum absolute atomic E-state index is 0.00826. The number of hydrogen-bond acceptors (Lipinski definition) is 4. The summed E-state index contributed by atoms with van der Waals surface area (Å²) in [6, 6.07) is 5.94. The molecule has 0 bridgehead atoms. The van der Waals surface area contributed by atoms with Gasteiger partial charge in [-0.15, -0.1) is 0 Å². The zero-order chi connectivity index (χ0) is 16.9. The minimum atomic E-state index is -3.38. The summed E-state index contributed by atoms with van der Waals surface area (Å²) in [5.74, 6) is 0.374. The van der Waals surface area contributed by atoms with Gasteiger partial charge in [0, 0.05) is 58.1 Å². The molecular weight excluding hydrogens is 312 g/mol. The summed E-state index contributed by atoms with van der Waals surface area (Å²) in [6.07, 6.45) is 4.82. The molecular formula is C16H28N4O2S. The molecule has 0 amide bonds. The van der Waals surface area contributed by atoms with Crippen LogP contribution in [0.3, 0.4) is 0 Å². The van der Waals surface area contributed by atoms with Crippen LogP contribution in [0.1, 0.15) is 25.5 Å². The monoisotopic (exact) mass is 340 g/mol. The molecule has 1 aliphatic heterocycles. The fourth-order valence-electron chi connectivity index (χ4n) is 3.06. The molecule has 1 saturated heterocycles. The van der Waals surface area contributed by atoms with Crippen molar-refractivity contribution >= 4 is 10.2 Å². The number of hydrogen-bond donors (Lipinski definition) is 1. The van der Waals surface area contributed by atoms with Crippen LogP contribution in [-0.4, -0.2) is 62.4 Å². The van der Waals surface area contributed by atoms with E-state index in [1.807, 2.05) is 24.4 Å². The van der Waals surface area contributed by atoms with Gasteiger partial charge in [0.05, 0.1) is 0 Å². The number of pyridine rings is 1. The van der Waals surface area contributed by atoms with Crippen molar-refractivity contribution in [2.45, 2.75) is 32.2 Å². The number of likely N-dealkylation sites (tertiary alicyclic amines) is 1. The molecule has 2 rings (SSSR count). The Morgan fingerprint density at radius 1 is 1.35 bits per heavy atom. The average molecular weight is 340 g/mol. The Balaban J connectivity index is 1.94. The van der Waals surface area contributed by atoms with Crippen LogP contribution < -0.4 is 4.72 Å². The van der Waals surface area contributed by atoms with E-state index in [-0.39, 0.29) is 6.04 Å². The van der Waals surface area contributed by atoms with Crippen molar-refractivity contribution in [2.24, 2.45) is 5.92 Å². The summed E-state index contributed by atoms with van der Waals surface area (Å²) in [7, 11) is -0.258. The van der Waals surface area contributed by atoms with Crippen molar-refractivity contribution in [3.8, 4) is 0 Å². The Hall–Kier alpha value is -1.02. The molecule has 0 unspecified atom stereocenters. The fraction of sp³-hybridized carbons (Fsp3) is 0.688. The highest BCUT2D eigenvalue weighted by molar-refractivity contribution is 7.87. The normalized spacial score (nSPS) is 22.8. The van der Waals surface area contributed by atoms with Crippen LogP contribution in [0.15, 0.2) is 24.4 Å². The standard InChI is InChI=1S/C16H28N4O2S/c1-4-7-14-12-20(11-9-15-8-5-6-10-17-15)13-16(14)18-23(21,22)19(2)3/h5-6,8,10,14,16,18H,4,7,9,11-13H2,1-3H3/t14-,16-/m0/s1. The quantitative estimate of drug-likeness (QED) is 0.770. The van der Waals surface area contributed by atoms with Gasteiger partial charge < -0.3 is 4.90 Å². The van der Waals surface area contributed by atoms with E-state index in [1.54, 1.807) is 14.1 Å². The lowest BCUT2D eigenvalue weighted by Crippen LogP contribution is -2.45. The third kappa shape index (κ3) is 5.24. The molecule has 1 aromatic rings. The Labute approximate surface area is 140 Å². The van der Waals surface area contributed by atoms with Gasteiger partial charge in [0.15, 0.2) is 0 Å². The maximum Gasteiger partial charge on any atom is 0.279 e. The number of aromatic nitrogens is 1. The first-order chi connectivity index (χ1) is 10.9. The van der Waals surface area contributed by atoms with Crippen LogP contribution in [0.2, 0.25) is 0 Å². The van der Waals surface area contributed by atoms with E-state index >= 15 is 0 Å². The molecule has 0 aromatic carbocycles. The number of nitrogens with one attached hydrogen (secondary N) is 1. The summed E-state index contributed by atoms with van der Waals surface area (Å²) in [5.41, 5.74) is 1.08. The van der Waals surface area contributed by atoms with Gasteiger partial charge in [0.2, 0.25) is 0 Å². The van der Waals surface area contributed by atoms with Crippen LogP contribution in [0.4, 0.5) is 0 Å².